The molecule has 0 saturated heterocycles. The van der Waals surface area contributed by atoms with Crippen molar-refractivity contribution in [3.63, 3.8) is 0 Å². The SMILES string of the molecule is CCc1nc2cc(NC3CCCC(OC)C3)ccc2o1. The molecule has 2 atom stereocenters. The molecule has 1 N–H and O–H groups in total. The highest BCUT2D eigenvalue weighted by atomic mass is 16.5. The third-order valence-corrected chi connectivity index (χ3v) is 4.06. The molecule has 1 aliphatic rings. The van der Waals surface area contributed by atoms with E-state index in [0.717, 1.165) is 35.5 Å². The molecule has 1 saturated carbocycles. The number of anilines is 1. The fourth-order valence-corrected chi connectivity index (χ4v) is 2.94. The standard InChI is InChI=1S/C16H22N2O2/c1-3-16-18-14-10-12(7-8-15(14)20-16)17-11-5-4-6-13(9-11)19-2/h7-8,10-11,13,17H,3-6,9H2,1-2H3. The highest BCUT2D eigenvalue weighted by molar-refractivity contribution is 5.77. The normalized spacial score (nSPS) is 23.1. The molecule has 0 spiro atoms. The molecule has 1 aromatic carbocycles. The number of hydrogen-bond donors (Lipinski definition) is 1. The minimum atomic E-state index is 0.392. The van der Waals surface area contributed by atoms with Gasteiger partial charge in [-0.1, -0.05) is 6.92 Å². The van der Waals surface area contributed by atoms with E-state index in [1.165, 1.54) is 19.3 Å². The number of rotatable bonds is 4. The lowest BCUT2D eigenvalue weighted by Crippen LogP contribution is -2.30. The smallest absolute Gasteiger partial charge is 0.195 e. The van der Waals surface area contributed by atoms with Crippen molar-refractivity contribution < 1.29 is 9.15 Å². The van der Waals surface area contributed by atoms with Gasteiger partial charge in [0.25, 0.3) is 0 Å². The van der Waals surface area contributed by atoms with E-state index in [0.29, 0.717) is 12.1 Å². The van der Waals surface area contributed by atoms with Gasteiger partial charge in [-0.25, -0.2) is 4.98 Å². The van der Waals surface area contributed by atoms with E-state index in [1.807, 2.05) is 6.07 Å². The maximum absolute atomic E-state index is 5.64. The van der Waals surface area contributed by atoms with Crippen LogP contribution in [0, 0.1) is 0 Å². The predicted molar refractivity (Wildman–Crippen MR) is 80.1 cm³/mol. The molecule has 4 nitrogen and oxygen atoms in total. The monoisotopic (exact) mass is 274 g/mol. The van der Waals surface area contributed by atoms with E-state index in [2.05, 4.69) is 29.4 Å². The van der Waals surface area contributed by atoms with Gasteiger partial charge in [-0.15, -0.1) is 0 Å². The third-order valence-electron chi connectivity index (χ3n) is 4.06. The molecule has 108 valence electrons. The lowest BCUT2D eigenvalue weighted by molar-refractivity contribution is 0.0669. The van der Waals surface area contributed by atoms with E-state index < -0.39 is 0 Å². The van der Waals surface area contributed by atoms with Crippen LogP contribution in [0.15, 0.2) is 22.6 Å². The number of nitrogens with one attached hydrogen (secondary N) is 1. The van der Waals surface area contributed by atoms with Gasteiger partial charge in [0, 0.05) is 25.3 Å². The van der Waals surface area contributed by atoms with Crippen LogP contribution in [0.4, 0.5) is 5.69 Å². The summed E-state index contributed by atoms with van der Waals surface area (Å²) in [6, 6.07) is 6.64. The van der Waals surface area contributed by atoms with Crippen LogP contribution >= 0.6 is 0 Å². The Hall–Kier alpha value is -1.55. The summed E-state index contributed by atoms with van der Waals surface area (Å²) in [5, 5.41) is 3.60. The fourth-order valence-electron chi connectivity index (χ4n) is 2.94. The average Bonchev–Trinajstić information content (AvgIpc) is 2.90. The summed E-state index contributed by atoms with van der Waals surface area (Å²) in [6.45, 7) is 2.05. The van der Waals surface area contributed by atoms with E-state index in [1.54, 1.807) is 7.11 Å². The first kappa shape index (κ1) is 13.4. The molecule has 1 fully saturated rings. The van der Waals surface area contributed by atoms with Gasteiger partial charge < -0.3 is 14.5 Å². The van der Waals surface area contributed by atoms with Crippen LogP contribution in [0.1, 0.15) is 38.5 Å². The van der Waals surface area contributed by atoms with E-state index in [4.69, 9.17) is 9.15 Å². The fraction of sp³-hybridized carbons (Fsp3) is 0.562. The van der Waals surface area contributed by atoms with E-state index >= 15 is 0 Å². The van der Waals surface area contributed by atoms with Crippen LogP contribution in [0.3, 0.4) is 0 Å². The lowest BCUT2D eigenvalue weighted by Gasteiger charge is -2.29. The second-order valence-corrected chi connectivity index (χ2v) is 5.51. The molecule has 1 aliphatic carbocycles. The Balaban J connectivity index is 1.73. The van der Waals surface area contributed by atoms with Crippen LogP contribution in [0.2, 0.25) is 0 Å². The minimum absolute atomic E-state index is 0.392. The Morgan fingerprint density at radius 2 is 2.30 bits per heavy atom. The van der Waals surface area contributed by atoms with Crippen LogP contribution in [0.25, 0.3) is 11.1 Å². The highest BCUT2D eigenvalue weighted by Gasteiger charge is 2.21. The van der Waals surface area contributed by atoms with Crippen molar-refractivity contribution in [3.05, 3.63) is 24.1 Å². The summed E-state index contributed by atoms with van der Waals surface area (Å²) in [5.41, 5.74) is 2.92. The van der Waals surface area contributed by atoms with Crippen LogP contribution in [-0.4, -0.2) is 24.2 Å². The number of aryl methyl sites for hydroxylation is 1. The number of methoxy groups -OCH3 is 1. The molecule has 4 heteroatoms. The molecule has 3 rings (SSSR count). The Bertz CT molecular complexity index is 579. The maximum atomic E-state index is 5.64. The Morgan fingerprint density at radius 3 is 3.10 bits per heavy atom. The van der Waals surface area contributed by atoms with Crippen molar-refractivity contribution in [3.8, 4) is 0 Å². The number of aromatic nitrogens is 1. The van der Waals surface area contributed by atoms with Gasteiger partial charge in [-0.3, -0.25) is 0 Å². The first-order chi connectivity index (χ1) is 9.78. The Morgan fingerprint density at radius 1 is 1.40 bits per heavy atom. The van der Waals surface area contributed by atoms with Gasteiger partial charge in [0.2, 0.25) is 0 Å². The molecular formula is C16H22N2O2. The van der Waals surface area contributed by atoms with E-state index in [9.17, 15) is 0 Å². The average molecular weight is 274 g/mol. The van der Waals surface area contributed by atoms with Crippen molar-refractivity contribution in [2.45, 2.75) is 51.2 Å². The molecular weight excluding hydrogens is 252 g/mol. The summed E-state index contributed by atoms with van der Waals surface area (Å²) in [6.07, 6.45) is 5.91. The lowest BCUT2D eigenvalue weighted by atomic mass is 9.92. The van der Waals surface area contributed by atoms with Crippen molar-refractivity contribution in [1.29, 1.82) is 0 Å². The number of ether oxygens (including phenoxy) is 1. The number of fused-ring (bicyclic) bond motifs is 1. The number of nitrogens with zero attached hydrogens (tertiary/aromatic N) is 1. The molecule has 1 heterocycles. The summed E-state index contributed by atoms with van der Waals surface area (Å²) >= 11 is 0. The highest BCUT2D eigenvalue weighted by Crippen LogP contribution is 2.26. The number of oxazole rings is 1. The van der Waals surface area contributed by atoms with Crippen LogP contribution < -0.4 is 5.32 Å². The summed E-state index contributed by atoms with van der Waals surface area (Å²) in [5.74, 6) is 0.800. The van der Waals surface area contributed by atoms with Gasteiger partial charge in [0.05, 0.1) is 6.10 Å². The summed E-state index contributed by atoms with van der Waals surface area (Å²) in [4.78, 5) is 4.48. The topological polar surface area (TPSA) is 47.3 Å². The molecule has 0 radical (unpaired) electrons. The van der Waals surface area contributed by atoms with Crippen LogP contribution in [0.5, 0.6) is 0 Å². The Labute approximate surface area is 119 Å². The van der Waals surface area contributed by atoms with Gasteiger partial charge in [-0.2, -0.15) is 0 Å². The van der Waals surface area contributed by atoms with Crippen molar-refractivity contribution in [2.75, 3.05) is 12.4 Å². The van der Waals surface area contributed by atoms with Gasteiger partial charge in [0.15, 0.2) is 11.5 Å². The zero-order valence-corrected chi connectivity index (χ0v) is 12.2. The zero-order valence-electron chi connectivity index (χ0n) is 12.2. The third kappa shape index (κ3) is 2.80. The van der Waals surface area contributed by atoms with Gasteiger partial charge in [-0.05, 0) is 43.9 Å². The molecule has 0 aliphatic heterocycles. The predicted octanol–water partition coefficient (Wildman–Crippen LogP) is 3.76. The minimum Gasteiger partial charge on any atom is -0.441 e. The number of hydrogen-bond acceptors (Lipinski definition) is 4. The van der Waals surface area contributed by atoms with Gasteiger partial charge >= 0.3 is 0 Å². The van der Waals surface area contributed by atoms with Gasteiger partial charge in [0.1, 0.15) is 5.52 Å². The van der Waals surface area contributed by atoms with Crippen molar-refractivity contribution in [2.24, 2.45) is 0 Å². The molecule has 1 aromatic heterocycles. The molecule has 20 heavy (non-hydrogen) atoms. The molecule has 2 aromatic rings. The first-order valence-corrected chi connectivity index (χ1v) is 7.47. The maximum Gasteiger partial charge on any atom is 0.195 e. The van der Waals surface area contributed by atoms with Crippen molar-refractivity contribution in [1.82, 2.24) is 4.98 Å². The molecule has 2 unspecified atom stereocenters. The summed E-state index contributed by atoms with van der Waals surface area (Å²) < 4.78 is 11.1. The number of benzene rings is 1. The second kappa shape index (κ2) is 5.83. The van der Waals surface area contributed by atoms with E-state index in [-0.39, 0.29) is 0 Å². The quantitative estimate of drug-likeness (QED) is 0.922. The Kier molecular flexibility index (Phi) is 3.92. The second-order valence-electron chi connectivity index (χ2n) is 5.51. The molecule has 0 bridgehead atoms. The summed E-state index contributed by atoms with van der Waals surface area (Å²) in [7, 11) is 1.81. The van der Waals surface area contributed by atoms with Crippen molar-refractivity contribution >= 4 is 16.8 Å². The largest absolute Gasteiger partial charge is 0.441 e. The molecule has 0 amide bonds. The van der Waals surface area contributed by atoms with Crippen LogP contribution in [-0.2, 0) is 11.2 Å². The zero-order chi connectivity index (χ0) is 13.9. The first-order valence-electron chi connectivity index (χ1n) is 7.47.